The Hall–Kier alpha value is -1.84. The topological polar surface area (TPSA) is 108 Å². The second kappa shape index (κ2) is 6.74. The van der Waals surface area contributed by atoms with E-state index < -0.39 is 20.7 Å². The number of sulfonamides is 1. The molecule has 7 nitrogen and oxygen atoms in total. The maximum atomic E-state index is 13.7. The van der Waals surface area contributed by atoms with Crippen LogP contribution in [0, 0.1) is 5.82 Å². The van der Waals surface area contributed by atoms with E-state index in [4.69, 9.17) is 5.11 Å². The highest BCUT2D eigenvalue weighted by Gasteiger charge is 2.18. The summed E-state index contributed by atoms with van der Waals surface area (Å²) in [7, 11) is -3.91. The highest BCUT2D eigenvalue weighted by atomic mass is 32.2. The van der Waals surface area contributed by atoms with Gasteiger partial charge in [0.15, 0.2) is 0 Å². The van der Waals surface area contributed by atoms with Crippen LogP contribution in [0.4, 0.5) is 4.39 Å². The molecule has 1 aromatic carbocycles. The lowest BCUT2D eigenvalue weighted by Crippen LogP contribution is -2.26. The van der Waals surface area contributed by atoms with Gasteiger partial charge in [-0.25, -0.2) is 22.5 Å². The SMILES string of the molecule is O=S(=O)(NCCCc1ncn[nH]1)c1ccc(CO)cc1F. The number of benzene rings is 1. The van der Waals surface area contributed by atoms with Crippen LogP contribution in [0.1, 0.15) is 17.8 Å². The molecule has 0 aliphatic rings. The van der Waals surface area contributed by atoms with Crippen molar-refractivity contribution in [1.82, 2.24) is 19.9 Å². The summed E-state index contributed by atoms with van der Waals surface area (Å²) in [5.41, 5.74) is 0.316. The zero-order chi connectivity index (χ0) is 15.3. The summed E-state index contributed by atoms with van der Waals surface area (Å²) in [6, 6.07) is 3.51. The van der Waals surface area contributed by atoms with Crippen molar-refractivity contribution in [3.05, 3.63) is 41.7 Å². The largest absolute Gasteiger partial charge is 0.392 e. The van der Waals surface area contributed by atoms with Gasteiger partial charge < -0.3 is 5.11 Å². The molecule has 0 saturated heterocycles. The standard InChI is InChI=1S/C12H15FN4O3S/c13-10-6-9(7-18)3-4-11(10)21(19,20)16-5-1-2-12-14-8-15-17-12/h3-4,6,8,16,18H,1-2,5,7H2,(H,14,15,17). The van der Waals surface area contributed by atoms with E-state index in [1.165, 1.54) is 12.4 Å². The maximum absolute atomic E-state index is 13.7. The molecule has 0 bridgehead atoms. The van der Waals surface area contributed by atoms with Crippen molar-refractivity contribution in [2.75, 3.05) is 6.54 Å². The fourth-order valence-electron chi connectivity index (χ4n) is 1.75. The van der Waals surface area contributed by atoms with E-state index in [9.17, 15) is 12.8 Å². The summed E-state index contributed by atoms with van der Waals surface area (Å²) in [6.45, 7) is -0.188. The first-order valence-electron chi connectivity index (χ1n) is 6.26. The fraction of sp³-hybridized carbons (Fsp3) is 0.333. The molecule has 0 saturated carbocycles. The van der Waals surface area contributed by atoms with Gasteiger partial charge in [0.1, 0.15) is 22.9 Å². The van der Waals surface area contributed by atoms with E-state index in [0.717, 1.165) is 12.1 Å². The number of nitrogens with zero attached hydrogens (tertiary/aromatic N) is 2. The lowest BCUT2D eigenvalue weighted by atomic mass is 10.2. The van der Waals surface area contributed by atoms with Crippen LogP contribution >= 0.6 is 0 Å². The molecule has 0 amide bonds. The van der Waals surface area contributed by atoms with Crippen LogP contribution in [0.3, 0.4) is 0 Å². The van der Waals surface area contributed by atoms with Gasteiger partial charge >= 0.3 is 0 Å². The normalized spacial score (nSPS) is 11.7. The zero-order valence-electron chi connectivity index (χ0n) is 11.1. The first-order chi connectivity index (χ1) is 10.0. The lowest BCUT2D eigenvalue weighted by Gasteiger charge is -2.08. The minimum absolute atomic E-state index is 0.157. The quantitative estimate of drug-likeness (QED) is 0.639. The average Bonchev–Trinajstić information content (AvgIpc) is 2.96. The number of rotatable bonds is 7. The summed E-state index contributed by atoms with van der Waals surface area (Å²) in [5.74, 6) is -0.225. The minimum Gasteiger partial charge on any atom is -0.392 e. The number of aryl methyl sites for hydroxylation is 1. The van der Waals surface area contributed by atoms with Crippen LogP contribution in [-0.2, 0) is 23.1 Å². The molecule has 0 atom stereocenters. The predicted octanol–water partition coefficient (Wildman–Crippen LogP) is 0.347. The Kier molecular flexibility index (Phi) is 4.99. The van der Waals surface area contributed by atoms with Crippen molar-refractivity contribution in [1.29, 1.82) is 0 Å². The van der Waals surface area contributed by atoms with Gasteiger partial charge in [0.25, 0.3) is 0 Å². The number of aliphatic hydroxyl groups excluding tert-OH is 1. The van der Waals surface area contributed by atoms with Gasteiger partial charge in [-0.1, -0.05) is 6.07 Å². The van der Waals surface area contributed by atoms with E-state index in [0.29, 0.717) is 24.2 Å². The number of halogens is 1. The van der Waals surface area contributed by atoms with Gasteiger partial charge in [-0.3, -0.25) is 5.10 Å². The number of H-pyrrole nitrogens is 1. The number of aliphatic hydroxyl groups is 1. The third-order valence-corrected chi connectivity index (χ3v) is 4.31. The minimum atomic E-state index is -3.91. The average molecular weight is 314 g/mol. The Bertz CT molecular complexity index is 689. The Morgan fingerprint density at radius 2 is 2.19 bits per heavy atom. The predicted molar refractivity (Wildman–Crippen MR) is 72.2 cm³/mol. The van der Waals surface area contributed by atoms with Crippen molar-refractivity contribution in [3.63, 3.8) is 0 Å². The smallest absolute Gasteiger partial charge is 0.243 e. The molecule has 0 spiro atoms. The summed E-state index contributed by atoms with van der Waals surface area (Å²) < 4.78 is 40.0. The summed E-state index contributed by atoms with van der Waals surface area (Å²) in [4.78, 5) is 3.48. The number of hydrogen-bond donors (Lipinski definition) is 3. The Labute approximate surface area is 121 Å². The molecule has 3 N–H and O–H groups in total. The molecule has 2 rings (SSSR count). The third kappa shape index (κ3) is 4.06. The van der Waals surface area contributed by atoms with Crippen LogP contribution in [0.5, 0.6) is 0 Å². The molecule has 0 aliphatic heterocycles. The van der Waals surface area contributed by atoms with Crippen LogP contribution in [0.15, 0.2) is 29.4 Å². The van der Waals surface area contributed by atoms with Gasteiger partial charge in [-0.2, -0.15) is 5.10 Å². The molecular formula is C12H15FN4O3S. The molecule has 1 aromatic heterocycles. The molecule has 0 aliphatic carbocycles. The van der Waals surface area contributed by atoms with Crippen LogP contribution < -0.4 is 4.72 Å². The third-order valence-electron chi connectivity index (χ3n) is 2.82. The van der Waals surface area contributed by atoms with Crippen LogP contribution in [-0.4, -0.2) is 35.3 Å². The summed E-state index contributed by atoms with van der Waals surface area (Å²) in [6.07, 6.45) is 2.41. The fourth-order valence-corrected chi connectivity index (χ4v) is 2.88. The van der Waals surface area contributed by atoms with Gasteiger partial charge in [-0.05, 0) is 24.1 Å². The van der Waals surface area contributed by atoms with E-state index >= 15 is 0 Å². The zero-order valence-corrected chi connectivity index (χ0v) is 11.9. The van der Waals surface area contributed by atoms with Gasteiger partial charge in [0.2, 0.25) is 10.0 Å². The maximum Gasteiger partial charge on any atom is 0.243 e. The Morgan fingerprint density at radius 3 is 2.81 bits per heavy atom. The van der Waals surface area contributed by atoms with Crippen molar-refractivity contribution in [2.45, 2.75) is 24.3 Å². The summed E-state index contributed by atoms with van der Waals surface area (Å²) >= 11 is 0. The van der Waals surface area contributed by atoms with Gasteiger partial charge in [0, 0.05) is 13.0 Å². The monoisotopic (exact) mass is 314 g/mol. The molecule has 0 radical (unpaired) electrons. The highest BCUT2D eigenvalue weighted by molar-refractivity contribution is 7.89. The number of aromatic amines is 1. The number of aromatic nitrogens is 3. The molecule has 1 heterocycles. The molecule has 2 aromatic rings. The summed E-state index contributed by atoms with van der Waals surface area (Å²) in [5, 5.41) is 15.2. The molecule has 0 fully saturated rings. The second-order valence-electron chi connectivity index (χ2n) is 4.36. The first-order valence-corrected chi connectivity index (χ1v) is 7.74. The van der Waals surface area contributed by atoms with E-state index in [1.54, 1.807) is 0 Å². The molecular weight excluding hydrogens is 299 g/mol. The molecule has 114 valence electrons. The van der Waals surface area contributed by atoms with Crippen molar-refractivity contribution >= 4 is 10.0 Å². The van der Waals surface area contributed by atoms with Crippen molar-refractivity contribution < 1.29 is 17.9 Å². The van der Waals surface area contributed by atoms with Crippen LogP contribution in [0.2, 0.25) is 0 Å². The van der Waals surface area contributed by atoms with E-state index in [2.05, 4.69) is 19.9 Å². The van der Waals surface area contributed by atoms with Gasteiger partial charge in [0.05, 0.1) is 6.61 Å². The molecule has 21 heavy (non-hydrogen) atoms. The Balaban J connectivity index is 1.95. The van der Waals surface area contributed by atoms with E-state index in [1.807, 2.05) is 0 Å². The number of nitrogens with one attached hydrogen (secondary N) is 2. The van der Waals surface area contributed by atoms with Gasteiger partial charge in [-0.15, -0.1) is 0 Å². The van der Waals surface area contributed by atoms with Crippen molar-refractivity contribution in [2.24, 2.45) is 0 Å². The first kappa shape index (κ1) is 15.5. The number of hydrogen-bond acceptors (Lipinski definition) is 5. The molecule has 9 heteroatoms. The Morgan fingerprint density at radius 1 is 1.38 bits per heavy atom. The second-order valence-corrected chi connectivity index (χ2v) is 6.09. The van der Waals surface area contributed by atoms with Crippen molar-refractivity contribution in [3.8, 4) is 0 Å². The molecule has 0 unspecified atom stereocenters. The lowest BCUT2D eigenvalue weighted by molar-refractivity contribution is 0.281. The van der Waals surface area contributed by atoms with Crippen LogP contribution in [0.25, 0.3) is 0 Å². The van der Waals surface area contributed by atoms with E-state index in [-0.39, 0.29) is 13.2 Å². The highest BCUT2D eigenvalue weighted by Crippen LogP contribution is 2.16.